The van der Waals surface area contributed by atoms with Crippen LogP contribution in [0.4, 0.5) is 11.4 Å². The molecule has 1 N–H and O–H groups in total. The fraction of sp³-hybridized carbons (Fsp3) is 0.222. The highest BCUT2D eigenvalue weighted by molar-refractivity contribution is 6.16. The van der Waals surface area contributed by atoms with Crippen molar-refractivity contribution in [2.45, 2.75) is 19.3 Å². The Morgan fingerprint density at radius 1 is 0.970 bits per heavy atom. The Hall–Kier alpha value is -3.93. The van der Waals surface area contributed by atoms with Crippen molar-refractivity contribution in [1.29, 1.82) is 0 Å². The number of methoxy groups -OCH3 is 1. The third-order valence-corrected chi connectivity index (χ3v) is 5.82. The number of aryl methyl sites for hydroxylation is 1. The molecule has 1 atom stereocenters. The van der Waals surface area contributed by atoms with Gasteiger partial charge in [0, 0.05) is 36.0 Å². The highest BCUT2D eigenvalue weighted by atomic mass is 16.5. The number of ketones is 1. The van der Waals surface area contributed by atoms with Gasteiger partial charge in [0.15, 0.2) is 5.78 Å². The SMILES string of the molecule is COc1cccc(NC(=O)[C@H](CC(=O)N2CCCc3ccccc32)C(=O)c2ccccc2)c1. The van der Waals surface area contributed by atoms with Crippen molar-refractivity contribution in [1.82, 2.24) is 0 Å². The van der Waals surface area contributed by atoms with Crippen LogP contribution in [0, 0.1) is 5.92 Å². The van der Waals surface area contributed by atoms with Gasteiger partial charge in [-0.3, -0.25) is 14.4 Å². The van der Waals surface area contributed by atoms with Crippen LogP contribution in [0.1, 0.15) is 28.8 Å². The van der Waals surface area contributed by atoms with Crippen LogP contribution in [0.3, 0.4) is 0 Å². The van der Waals surface area contributed by atoms with E-state index in [4.69, 9.17) is 4.74 Å². The first-order valence-corrected chi connectivity index (χ1v) is 11.0. The van der Waals surface area contributed by atoms with Gasteiger partial charge in [-0.05, 0) is 36.6 Å². The molecular formula is C27H26N2O4. The van der Waals surface area contributed by atoms with Gasteiger partial charge >= 0.3 is 0 Å². The van der Waals surface area contributed by atoms with Crippen LogP contribution < -0.4 is 15.0 Å². The van der Waals surface area contributed by atoms with Gasteiger partial charge in [-0.15, -0.1) is 0 Å². The van der Waals surface area contributed by atoms with Crippen LogP contribution in [-0.2, 0) is 16.0 Å². The van der Waals surface area contributed by atoms with Gasteiger partial charge in [-0.2, -0.15) is 0 Å². The number of hydrogen-bond acceptors (Lipinski definition) is 4. The third-order valence-electron chi connectivity index (χ3n) is 5.82. The summed E-state index contributed by atoms with van der Waals surface area (Å²) in [7, 11) is 1.54. The van der Waals surface area contributed by atoms with Crippen molar-refractivity contribution in [3.05, 3.63) is 90.0 Å². The number of para-hydroxylation sites is 1. The summed E-state index contributed by atoms with van der Waals surface area (Å²) in [6.07, 6.45) is 1.54. The monoisotopic (exact) mass is 442 g/mol. The first kappa shape index (κ1) is 22.3. The minimum atomic E-state index is -1.15. The average Bonchev–Trinajstić information content (AvgIpc) is 2.87. The molecule has 6 heteroatoms. The Morgan fingerprint density at radius 2 is 1.73 bits per heavy atom. The van der Waals surface area contributed by atoms with Crippen molar-refractivity contribution in [3.8, 4) is 5.75 Å². The molecule has 4 rings (SSSR count). The lowest BCUT2D eigenvalue weighted by molar-refractivity contribution is -0.124. The van der Waals surface area contributed by atoms with E-state index >= 15 is 0 Å². The quantitative estimate of drug-likeness (QED) is 0.432. The number of nitrogens with one attached hydrogen (secondary N) is 1. The highest BCUT2D eigenvalue weighted by Crippen LogP contribution is 2.29. The largest absolute Gasteiger partial charge is 0.497 e. The predicted molar refractivity (Wildman–Crippen MR) is 128 cm³/mol. The number of Topliss-reactive ketones (excluding diaryl/α,β-unsaturated/α-hetero) is 1. The van der Waals surface area contributed by atoms with E-state index in [1.54, 1.807) is 59.5 Å². The van der Waals surface area contributed by atoms with Crippen LogP contribution in [-0.4, -0.2) is 31.3 Å². The number of fused-ring (bicyclic) bond motifs is 1. The number of hydrogen-bond donors (Lipinski definition) is 1. The minimum absolute atomic E-state index is 0.210. The first-order chi connectivity index (χ1) is 16.1. The molecule has 1 aliphatic heterocycles. The number of rotatable bonds is 7. The lowest BCUT2D eigenvalue weighted by Crippen LogP contribution is -2.40. The van der Waals surface area contributed by atoms with Crippen LogP contribution >= 0.6 is 0 Å². The van der Waals surface area contributed by atoms with Crippen LogP contribution in [0.15, 0.2) is 78.9 Å². The number of benzene rings is 3. The second-order valence-electron chi connectivity index (χ2n) is 7.99. The zero-order valence-corrected chi connectivity index (χ0v) is 18.5. The number of ether oxygens (including phenoxy) is 1. The number of amides is 2. The molecule has 33 heavy (non-hydrogen) atoms. The molecule has 3 aromatic rings. The molecule has 168 valence electrons. The lowest BCUT2D eigenvalue weighted by Gasteiger charge is -2.30. The minimum Gasteiger partial charge on any atom is -0.497 e. The molecule has 0 fully saturated rings. The topological polar surface area (TPSA) is 75.7 Å². The van der Waals surface area contributed by atoms with Crippen molar-refractivity contribution < 1.29 is 19.1 Å². The molecule has 0 saturated carbocycles. The Balaban J connectivity index is 1.59. The normalized spacial score (nSPS) is 13.5. The molecular weight excluding hydrogens is 416 g/mol. The molecule has 6 nitrogen and oxygen atoms in total. The Kier molecular flexibility index (Phi) is 6.83. The van der Waals surface area contributed by atoms with Crippen LogP contribution in [0.2, 0.25) is 0 Å². The molecule has 2 amide bonds. The van der Waals surface area contributed by atoms with Crippen molar-refractivity contribution in [2.24, 2.45) is 5.92 Å². The molecule has 0 aliphatic carbocycles. The van der Waals surface area contributed by atoms with E-state index in [-0.39, 0.29) is 18.1 Å². The lowest BCUT2D eigenvalue weighted by atomic mass is 9.92. The maximum atomic E-state index is 13.3. The van der Waals surface area contributed by atoms with E-state index in [0.29, 0.717) is 23.5 Å². The zero-order chi connectivity index (χ0) is 23.2. The summed E-state index contributed by atoms with van der Waals surface area (Å²) in [5, 5.41) is 2.78. The summed E-state index contributed by atoms with van der Waals surface area (Å²) in [6.45, 7) is 0.569. The zero-order valence-electron chi connectivity index (χ0n) is 18.5. The van der Waals surface area contributed by atoms with Crippen molar-refractivity contribution in [2.75, 3.05) is 23.9 Å². The van der Waals surface area contributed by atoms with Gasteiger partial charge in [0.05, 0.1) is 7.11 Å². The Labute approximate surface area is 193 Å². The standard InChI is InChI=1S/C27H26N2O4/c1-33-22-14-7-13-21(17-22)28-27(32)23(26(31)20-10-3-2-4-11-20)18-25(30)29-16-8-12-19-9-5-6-15-24(19)29/h2-7,9-11,13-15,17,23H,8,12,16,18H2,1H3,(H,28,32)/t23-/m1/s1. The molecule has 3 aromatic carbocycles. The molecule has 0 aromatic heterocycles. The van der Waals surface area contributed by atoms with E-state index in [1.165, 1.54) is 7.11 Å². The molecule has 0 saturated heterocycles. The second kappa shape index (κ2) is 10.1. The van der Waals surface area contributed by atoms with Crippen molar-refractivity contribution in [3.63, 3.8) is 0 Å². The molecule has 0 bridgehead atoms. The summed E-state index contributed by atoms with van der Waals surface area (Å²) in [6, 6.07) is 23.3. The molecule has 0 unspecified atom stereocenters. The van der Waals surface area contributed by atoms with E-state index in [2.05, 4.69) is 5.32 Å². The second-order valence-corrected chi connectivity index (χ2v) is 7.99. The number of carbonyl (C=O) groups is 3. The third kappa shape index (κ3) is 5.12. The summed E-state index contributed by atoms with van der Waals surface area (Å²) in [4.78, 5) is 41.6. The van der Waals surface area contributed by atoms with E-state index in [0.717, 1.165) is 24.1 Å². The van der Waals surface area contributed by atoms with Gasteiger partial charge in [0.1, 0.15) is 11.7 Å². The number of nitrogens with zero attached hydrogens (tertiary/aromatic N) is 1. The Morgan fingerprint density at radius 3 is 2.52 bits per heavy atom. The maximum Gasteiger partial charge on any atom is 0.235 e. The van der Waals surface area contributed by atoms with Gasteiger partial charge in [0.2, 0.25) is 11.8 Å². The van der Waals surface area contributed by atoms with Gasteiger partial charge in [0.25, 0.3) is 0 Å². The molecule has 1 aliphatic rings. The van der Waals surface area contributed by atoms with Gasteiger partial charge < -0.3 is 15.0 Å². The summed E-state index contributed by atoms with van der Waals surface area (Å²) in [5.41, 5.74) is 2.85. The number of carbonyl (C=O) groups excluding carboxylic acids is 3. The summed E-state index contributed by atoms with van der Waals surface area (Å²) in [5.74, 6) is -1.71. The average molecular weight is 443 g/mol. The van der Waals surface area contributed by atoms with Crippen LogP contribution in [0.5, 0.6) is 5.75 Å². The van der Waals surface area contributed by atoms with Gasteiger partial charge in [-0.1, -0.05) is 54.6 Å². The van der Waals surface area contributed by atoms with Crippen molar-refractivity contribution >= 4 is 29.0 Å². The van der Waals surface area contributed by atoms with E-state index in [9.17, 15) is 14.4 Å². The molecule has 0 radical (unpaired) electrons. The predicted octanol–water partition coefficient (Wildman–Crippen LogP) is 4.50. The first-order valence-electron chi connectivity index (χ1n) is 11.0. The fourth-order valence-corrected chi connectivity index (χ4v) is 4.12. The highest BCUT2D eigenvalue weighted by Gasteiger charge is 2.33. The maximum absolute atomic E-state index is 13.3. The Bertz CT molecular complexity index is 1160. The fourth-order valence-electron chi connectivity index (χ4n) is 4.12. The van der Waals surface area contributed by atoms with Gasteiger partial charge in [-0.25, -0.2) is 0 Å². The summed E-state index contributed by atoms with van der Waals surface area (Å²) >= 11 is 0. The van der Waals surface area contributed by atoms with Crippen LogP contribution in [0.25, 0.3) is 0 Å². The molecule has 0 spiro atoms. The molecule has 1 heterocycles. The van der Waals surface area contributed by atoms with E-state index < -0.39 is 11.8 Å². The summed E-state index contributed by atoms with van der Waals surface area (Å²) < 4.78 is 5.21. The number of anilines is 2. The smallest absolute Gasteiger partial charge is 0.235 e. The van der Waals surface area contributed by atoms with E-state index in [1.807, 2.05) is 24.3 Å².